The summed E-state index contributed by atoms with van der Waals surface area (Å²) in [5, 5.41) is 4.24. The molecule has 1 saturated heterocycles. The van der Waals surface area contributed by atoms with Crippen molar-refractivity contribution in [2.24, 2.45) is 0 Å². The first-order valence-electron chi connectivity index (χ1n) is 8.13. The molecule has 2 aromatic heterocycles. The second kappa shape index (κ2) is 6.45. The zero-order valence-electron chi connectivity index (χ0n) is 13.3. The number of aromatic nitrogens is 3. The third kappa shape index (κ3) is 3.05. The van der Waals surface area contributed by atoms with E-state index in [1.165, 1.54) is 25.7 Å². The van der Waals surface area contributed by atoms with Crippen molar-refractivity contribution >= 4 is 15.7 Å². The van der Waals surface area contributed by atoms with E-state index in [0.29, 0.717) is 25.3 Å². The molecule has 1 aliphatic heterocycles. The quantitative estimate of drug-likeness (QED) is 0.827. The summed E-state index contributed by atoms with van der Waals surface area (Å²) in [7, 11) is -3.54. The second-order valence-electron chi connectivity index (χ2n) is 5.92. The maximum absolute atomic E-state index is 12.7. The van der Waals surface area contributed by atoms with Gasteiger partial charge in [0.25, 0.3) is 0 Å². The Labute approximate surface area is 135 Å². The number of fused-ring (bicyclic) bond motifs is 1. The summed E-state index contributed by atoms with van der Waals surface area (Å²) in [4.78, 5) is 12.5. The van der Waals surface area contributed by atoms with Gasteiger partial charge in [-0.15, -0.1) is 5.10 Å². The fourth-order valence-corrected chi connectivity index (χ4v) is 4.38. The number of hydrogen-bond donors (Lipinski definition) is 0. The SMILES string of the molecule is CCCCn1nc2ccc(S(=O)(=O)N3CCCCC3)cn2c1=O. The van der Waals surface area contributed by atoms with E-state index in [1.54, 1.807) is 6.07 Å². The highest BCUT2D eigenvalue weighted by Gasteiger charge is 2.26. The van der Waals surface area contributed by atoms with E-state index in [1.807, 2.05) is 6.92 Å². The molecular formula is C15H22N4O3S. The molecule has 0 atom stereocenters. The lowest BCUT2D eigenvalue weighted by Crippen LogP contribution is -2.35. The fraction of sp³-hybridized carbons (Fsp3) is 0.600. The van der Waals surface area contributed by atoms with Crippen LogP contribution in [-0.4, -0.2) is 40.0 Å². The third-order valence-electron chi connectivity index (χ3n) is 4.23. The molecule has 8 heteroatoms. The van der Waals surface area contributed by atoms with Crippen molar-refractivity contribution in [2.75, 3.05) is 13.1 Å². The van der Waals surface area contributed by atoms with Gasteiger partial charge < -0.3 is 0 Å². The van der Waals surface area contributed by atoms with Crippen LogP contribution in [0.4, 0.5) is 0 Å². The van der Waals surface area contributed by atoms with Crippen molar-refractivity contribution < 1.29 is 8.42 Å². The second-order valence-corrected chi connectivity index (χ2v) is 7.85. The van der Waals surface area contributed by atoms with Gasteiger partial charge in [0, 0.05) is 25.8 Å². The van der Waals surface area contributed by atoms with Gasteiger partial charge in [0.15, 0.2) is 5.65 Å². The molecule has 3 heterocycles. The van der Waals surface area contributed by atoms with Gasteiger partial charge in [-0.05, 0) is 31.4 Å². The molecule has 0 saturated carbocycles. The molecule has 0 amide bonds. The van der Waals surface area contributed by atoms with Crippen LogP contribution in [0.15, 0.2) is 28.0 Å². The molecule has 0 radical (unpaired) electrons. The predicted molar refractivity (Wildman–Crippen MR) is 87.0 cm³/mol. The summed E-state index contributed by atoms with van der Waals surface area (Å²) < 4.78 is 29.6. The lowest BCUT2D eigenvalue weighted by Gasteiger charge is -2.25. The van der Waals surface area contributed by atoms with E-state index in [4.69, 9.17) is 0 Å². The van der Waals surface area contributed by atoms with E-state index in [0.717, 1.165) is 32.1 Å². The number of piperidine rings is 1. The summed E-state index contributed by atoms with van der Waals surface area (Å²) >= 11 is 0. The molecule has 1 aliphatic rings. The van der Waals surface area contributed by atoms with Crippen molar-refractivity contribution in [1.29, 1.82) is 0 Å². The standard InChI is InChI=1S/C15H22N4O3S/c1-2-3-11-19-15(20)18-12-13(7-8-14(18)16-19)23(21,22)17-9-5-4-6-10-17/h7-8,12H,2-6,9-11H2,1H3. The summed E-state index contributed by atoms with van der Waals surface area (Å²) in [6.45, 7) is 3.69. The minimum atomic E-state index is -3.54. The fourth-order valence-electron chi connectivity index (χ4n) is 2.86. The van der Waals surface area contributed by atoms with Crippen LogP contribution in [0, 0.1) is 0 Å². The number of sulfonamides is 1. The van der Waals surface area contributed by atoms with E-state index in [9.17, 15) is 13.2 Å². The molecule has 2 aromatic rings. The summed E-state index contributed by atoms with van der Waals surface area (Å²) in [6.07, 6.45) is 6.07. The number of nitrogens with zero attached hydrogens (tertiary/aromatic N) is 4. The van der Waals surface area contributed by atoms with Gasteiger partial charge in [0.2, 0.25) is 10.0 Å². The zero-order chi connectivity index (χ0) is 16.4. The average molecular weight is 338 g/mol. The van der Waals surface area contributed by atoms with Crippen LogP contribution in [0.5, 0.6) is 0 Å². The first-order chi connectivity index (χ1) is 11.0. The average Bonchev–Trinajstić information content (AvgIpc) is 2.89. The van der Waals surface area contributed by atoms with Gasteiger partial charge >= 0.3 is 5.69 Å². The van der Waals surface area contributed by atoms with Crippen LogP contribution in [-0.2, 0) is 16.6 Å². The van der Waals surface area contributed by atoms with Crippen LogP contribution < -0.4 is 5.69 Å². The van der Waals surface area contributed by atoms with E-state index in [-0.39, 0.29) is 10.6 Å². The Kier molecular flexibility index (Phi) is 4.54. The first-order valence-corrected chi connectivity index (χ1v) is 9.57. The molecule has 0 bridgehead atoms. The maximum Gasteiger partial charge on any atom is 0.350 e. The molecule has 0 unspecified atom stereocenters. The Morgan fingerprint density at radius 3 is 2.61 bits per heavy atom. The van der Waals surface area contributed by atoms with Crippen molar-refractivity contribution in [1.82, 2.24) is 18.5 Å². The highest BCUT2D eigenvalue weighted by molar-refractivity contribution is 7.89. The molecule has 7 nitrogen and oxygen atoms in total. The number of aryl methyl sites for hydroxylation is 1. The van der Waals surface area contributed by atoms with E-state index < -0.39 is 10.0 Å². The van der Waals surface area contributed by atoms with Gasteiger partial charge in [-0.3, -0.25) is 0 Å². The number of pyridine rings is 1. The number of unbranched alkanes of at least 4 members (excludes halogenated alkanes) is 1. The van der Waals surface area contributed by atoms with E-state index in [2.05, 4.69) is 5.10 Å². The van der Waals surface area contributed by atoms with Gasteiger partial charge in [0.05, 0.1) is 4.90 Å². The van der Waals surface area contributed by atoms with Gasteiger partial charge in [-0.2, -0.15) is 4.31 Å². The van der Waals surface area contributed by atoms with Crippen LogP contribution in [0.25, 0.3) is 5.65 Å². The van der Waals surface area contributed by atoms with Gasteiger partial charge in [-0.25, -0.2) is 22.3 Å². The van der Waals surface area contributed by atoms with Crippen molar-refractivity contribution in [3.8, 4) is 0 Å². The molecule has 126 valence electrons. The zero-order valence-corrected chi connectivity index (χ0v) is 14.1. The lowest BCUT2D eigenvalue weighted by atomic mass is 10.2. The number of hydrogen-bond acceptors (Lipinski definition) is 4. The Morgan fingerprint density at radius 2 is 1.91 bits per heavy atom. The Morgan fingerprint density at radius 1 is 1.17 bits per heavy atom. The largest absolute Gasteiger partial charge is 0.350 e. The highest BCUT2D eigenvalue weighted by atomic mass is 32.2. The van der Waals surface area contributed by atoms with Gasteiger partial charge in [0.1, 0.15) is 0 Å². The predicted octanol–water partition coefficient (Wildman–Crippen LogP) is 1.47. The van der Waals surface area contributed by atoms with Crippen LogP contribution in [0.2, 0.25) is 0 Å². The van der Waals surface area contributed by atoms with Crippen molar-refractivity contribution in [3.63, 3.8) is 0 Å². The Bertz CT molecular complexity index is 847. The summed E-state index contributed by atoms with van der Waals surface area (Å²) in [6, 6.07) is 3.14. The Hall–Kier alpha value is -1.67. The van der Waals surface area contributed by atoms with Crippen LogP contribution in [0.3, 0.4) is 0 Å². The molecule has 0 aliphatic carbocycles. The van der Waals surface area contributed by atoms with E-state index >= 15 is 0 Å². The van der Waals surface area contributed by atoms with Crippen molar-refractivity contribution in [3.05, 3.63) is 28.8 Å². The third-order valence-corrected chi connectivity index (χ3v) is 6.11. The normalized spacial score (nSPS) is 16.9. The van der Waals surface area contributed by atoms with Crippen LogP contribution >= 0.6 is 0 Å². The summed E-state index contributed by atoms with van der Waals surface area (Å²) in [5.41, 5.74) is 0.188. The molecule has 0 spiro atoms. The molecule has 0 N–H and O–H groups in total. The molecule has 23 heavy (non-hydrogen) atoms. The topological polar surface area (TPSA) is 76.7 Å². The first kappa shape index (κ1) is 16.2. The highest BCUT2D eigenvalue weighted by Crippen LogP contribution is 2.20. The molecule has 3 rings (SSSR count). The van der Waals surface area contributed by atoms with Crippen molar-refractivity contribution in [2.45, 2.75) is 50.5 Å². The summed E-state index contributed by atoms with van der Waals surface area (Å²) in [5.74, 6) is 0. The maximum atomic E-state index is 12.7. The minimum absolute atomic E-state index is 0.157. The smallest absolute Gasteiger partial charge is 0.249 e. The number of rotatable bonds is 5. The lowest BCUT2D eigenvalue weighted by molar-refractivity contribution is 0.346. The Balaban J connectivity index is 1.99. The molecule has 1 fully saturated rings. The minimum Gasteiger partial charge on any atom is -0.249 e. The molecule has 0 aromatic carbocycles. The monoisotopic (exact) mass is 338 g/mol. The van der Waals surface area contributed by atoms with Gasteiger partial charge in [-0.1, -0.05) is 19.8 Å². The van der Waals surface area contributed by atoms with Crippen LogP contribution in [0.1, 0.15) is 39.0 Å². The molecular weight excluding hydrogens is 316 g/mol.